The average Bonchev–Trinajstić information content (AvgIpc) is 3.56. The lowest BCUT2D eigenvalue weighted by molar-refractivity contribution is -0.0976. The molecule has 0 radical (unpaired) electrons. The Bertz CT molecular complexity index is 1180. The maximum Gasteiger partial charge on any atom is 0.430 e. The Morgan fingerprint density at radius 1 is 1.16 bits per heavy atom. The smallest absolute Gasteiger partial charge is 0.368 e. The fourth-order valence-electron chi connectivity index (χ4n) is 3.01. The van der Waals surface area contributed by atoms with Crippen molar-refractivity contribution >= 4 is 27.4 Å². The normalized spacial score (nSPS) is 18.6. The molecule has 1 aliphatic heterocycles. The van der Waals surface area contributed by atoms with Crippen molar-refractivity contribution in [1.82, 2.24) is 20.3 Å². The van der Waals surface area contributed by atoms with Gasteiger partial charge in [-0.05, 0) is 43.0 Å². The topological polar surface area (TPSA) is 109 Å². The molecular weight excluding hydrogens is 445 g/mol. The van der Waals surface area contributed by atoms with Gasteiger partial charge in [0.15, 0.2) is 15.7 Å². The van der Waals surface area contributed by atoms with Crippen LogP contribution in [0, 0.1) is 5.92 Å². The van der Waals surface area contributed by atoms with Gasteiger partial charge in [0.05, 0.1) is 4.90 Å². The zero-order valence-electron chi connectivity index (χ0n) is 17.0. The van der Waals surface area contributed by atoms with Gasteiger partial charge in [-0.1, -0.05) is 18.2 Å². The summed E-state index contributed by atoms with van der Waals surface area (Å²) >= 11 is 0. The summed E-state index contributed by atoms with van der Waals surface area (Å²) in [5, 5.41) is 8.42. The van der Waals surface area contributed by atoms with Crippen molar-refractivity contribution in [1.29, 1.82) is 0 Å². The first-order valence-electron chi connectivity index (χ1n) is 9.87. The fourth-order valence-corrected chi connectivity index (χ4v) is 3.68. The molecule has 4 rings (SSSR count). The van der Waals surface area contributed by atoms with Crippen LogP contribution in [0.15, 0.2) is 53.1 Å². The lowest BCUT2D eigenvalue weighted by atomic mass is 10.1. The zero-order chi connectivity index (χ0) is 22.9. The van der Waals surface area contributed by atoms with Crippen molar-refractivity contribution in [3.05, 3.63) is 54.0 Å². The molecule has 1 saturated carbocycles. The Kier molecular flexibility index (Phi) is 5.80. The van der Waals surface area contributed by atoms with Crippen molar-refractivity contribution < 1.29 is 21.6 Å². The average molecular weight is 466 g/mol. The number of anilines is 3. The first-order chi connectivity index (χ1) is 15.1. The molecule has 0 saturated heterocycles. The van der Waals surface area contributed by atoms with E-state index in [-0.39, 0.29) is 22.6 Å². The molecule has 0 amide bonds. The summed E-state index contributed by atoms with van der Waals surface area (Å²) in [5.74, 6) is 0.913. The highest BCUT2D eigenvalue weighted by Crippen LogP contribution is 2.30. The van der Waals surface area contributed by atoms with Gasteiger partial charge in [-0.2, -0.15) is 28.1 Å². The largest absolute Gasteiger partial charge is 0.430 e. The van der Waals surface area contributed by atoms with Crippen molar-refractivity contribution in [3.63, 3.8) is 0 Å². The summed E-state index contributed by atoms with van der Waals surface area (Å²) in [6.45, 7) is 0.647. The molecule has 1 fully saturated rings. The number of alkyl halides is 3. The van der Waals surface area contributed by atoms with Crippen LogP contribution < -0.4 is 16.0 Å². The van der Waals surface area contributed by atoms with Crippen LogP contribution in [0.5, 0.6) is 0 Å². The Balaban J connectivity index is 1.63. The number of dihydropyridines is 1. The number of aromatic nitrogens is 3. The third kappa shape index (κ3) is 5.55. The summed E-state index contributed by atoms with van der Waals surface area (Å²) in [6.07, 6.45) is 2.52. The van der Waals surface area contributed by atoms with Crippen molar-refractivity contribution in [3.8, 4) is 0 Å². The minimum Gasteiger partial charge on any atom is -0.368 e. The SMILES string of the molecule is CS(=O)(=O)c1cccc(Nc2nc(NCC3CC3)nc(C3C=CC=C(C(F)(F)F)N3)n2)c1. The third-order valence-electron chi connectivity index (χ3n) is 4.88. The number of rotatable bonds is 7. The zero-order valence-corrected chi connectivity index (χ0v) is 17.8. The van der Waals surface area contributed by atoms with E-state index in [2.05, 4.69) is 30.9 Å². The van der Waals surface area contributed by atoms with Crippen LogP contribution in [0.4, 0.5) is 30.8 Å². The number of sulfone groups is 1. The maximum atomic E-state index is 13.1. The van der Waals surface area contributed by atoms with Gasteiger partial charge in [-0.25, -0.2) is 8.42 Å². The highest BCUT2D eigenvalue weighted by atomic mass is 32.2. The van der Waals surface area contributed by atoms with Gasteiger partial charge in [-0.15, -0.1) is 0 Å². The third-order valence-corrected chi connectivity index (χ3v) is 5.99. The molecule has 32 heavy (non-hydrogen) atoms. The molecule has 1 aromatic carbocycles. The summed E-state index contributed by atoms with van der Waals surface area (Å²) in [4.78, 5) is 13.0. The predicted octanol–water partition coefficient (Wildman–Crippen LogP) is 3.49. The lowest BCUT2D eigenvalue weighted by Gasteiger charge is -2.22. The molecule has 1 aromatic heterocycles. The molecule has 1 atom stereocenters. The summed E-state index contributed by atoms with van der Waals surface area (Å²) in [7, 11) is -3.42. The minimum atomic E-state index is -4.53. The van der Waals surface area contributed by atoms with Gasteiger partial charge < -0.3 is 16.0 Å². The molecule has 8 nitrogen and oxygen atoms in total. The molecule has 1 unspecified atom stereocenters. The number of hydrogen-bond acceptors (Lipinski definition) is 8. The molecular formula is C20H21F3N6O2S. The number of nitrogens with zero attached hydrogens (tertiary/aromatic N) is 3. The monoisotopic (exact) mass is 466 g/mol. The van der Waals surface area contributed by atoms with E-state index < -0.39 is 27.8 Å². The van der Waals surface area contributed by atoms with Crippen molar-refractivity contribution in [2.75, 3.05) is 23.4 Å². The molecule has 2 aliphatic rings. The van der Waals surface area contributed by atoms with Crippen LogP contribution in [-0.4, -0.2) is 42.3 Å². The van der Waals surface area contributed by atoms with E-state index in [0.717, 1.165) is 25.2 Å². The standard InChI is InChI=1S/C20H21F3N6O2S/c1-32(30,31)14-5-2-4-13(10-14)25-19-28-17(27-18(29-19)24-11-12-8-9-12)15-6-3-7-16(26-15)20(21,22)23/h2-7,10,12,15,26H,8-9,11H2,1H3,(H2,24,25,27,28,29). The minimum absolute atomic E-state index is 0.0808. The number of allylic oxidation sites excluding steroid dienone is 3. The predicted molar refractivity (Wildman–Crippen MR) is 113 cm³/mol. The van der Waals surface area contributed by atoms with E-state index in [0.29, 0.717) is 18.2 Å². The van der Waals surface area contributed by atoms with Crippen LogP contribution in [-0.2, 0) is 9.84 Å². The first kappa shape index (κ1) is 22.1. The van der Waals surface area contributed by atoms with Gasteiger partial charge in [0.2, 0.25) is 11.9 Å². The number of halogens is 3. The van der Waals surface area contributed by atoms with E-state index in [1.807, 2.05) is 0 Å². The van der Waals surface area contributed by atoms with E-state index in [4.69, 9.17) is 0 Å². The Hall–Kier alpha value is -3.15. The quantitative estimate of drug-likeness (QED) is 0.569. The molecule has 2 aromatic rings. The van der Waals surface area contributed by atoms with E-state index >= 15 is 0 Å². The van der Waals surface area contributed by atoms with E-state index in [1.54, 1.807) is 12.1 Å². The summed E-state index contributed by atoms with van der Waals surface area (Å²) < 4.78 is 63.1. The van der Waals surface area contributed by atoms with E-state index in [1.165, 1.54) is 24.3 Å². The van der Waals surface area contributed by atoms with Crippen LogP contribution in [0.1, 0.15) is 24.7 Å². The van der Waals surface area contributed by atoms with Gasteiger partial charge in [0, 0.05) is 18.5 Å². The van der Waals surface area contributed by atoms with Crippen LogP contribution in [0.2, 0.25) is 0 Å². The second kappa shape index (κ2) is 8.41. The number of nitrogens with one attached hydrogen (secondary N) is 3. The first-order valence-corrected chi connectivity index (χ1v) is 11.8. The van der Waals surface area contributed by atoms with Crippen LogP contribution in [0.25, 0.3) is 0 Å². The molecule has 3 N–H and O–H groups in total. The Labute approximate surface area is 183 Å². The van der Waals surface area contributed by atoms with Crippen LogP contribution >= 0.6 is 0 Å². The van der Waals surface area contributed by atoms with Gasteiger partial charge in [0.25, 0.3) is 0 Å². The summed E-state index contributed by atoms with van der Waals surface area (Å²) in [5.41, 5.74) is -0.477. The lowest BCUT2D eigenvalue weighted by Crippen LogP contribution is -2.31. The highest BCUT2D eigenvalue weighted by molar-refractivity contribution is 7.90. The molecule has 0 spiro atoms. The second-order valence-electron chi connectivity index (χ2n) is 7.68. The Morgan fingerprint density at radius 2 is 1.91 bits per heavy atom. The molecule has 2 heterocycles. The summed E-state index contributed by atoms with van der Waals surface area (Å²) in [6, 6.07) is 5.18. The fraction of sp³-hybridized carbons (Fsp3) is 0.350. The molecule has 12 heteroatoms. The highest BCUT2D eigenvalue weighted by Gasteiger charge is 2.36. The van der Waals surface area contributed by atoms with E-state index in [9.17, 15) is 21.6 Å². The molecule has 170 valence electrons. The maximum absolute atomic E-state index is 13.1. The van der Waals surface area contributed by atoms with Gasteiger partial charge >= 0.3 is 6.18 Å². The number of hydrogen-bond donors (Lipinski definition) is 3. The molecule has 0 bridgehead atoms. The number of benzene rings is 1. The van der Waals surface area contributed by atoms with Crippen LogP contribution in [0.3, 0.4) is 0 Å². The van der Waals surface area contributed by atoms with Crippen molar-refractivity contribution in [2.45, 2.75) is 30.0 Å². The van der Waals surface area contributed by atoms with Gasteiger partial charge in [0.1, 0.15) is 11.7 Å². The van der Waals surface area contributed by atoms with Gasteiger partial charge in [-0.3, -0.25) is 0 Å². The second-order valence-corrected chi connectivity index (χ2v) is 9.69. The Morgan fingerprint density at radius 3 is 2.59 bits per heavy atom. The molecule has 1 aliphatic carbocycles. The van der Waals surface area contributed by atoms with Crippen molar-refractivity contribution in [2.24, 2.45) is 5.92 Å².